The highest BCUT2D eigenvalue weighted by Crippen LogP contribution is 2.38. The highest BCUT2D eigenvalue weighted by atomic mass is 127. The van der Waals surface area contributed by atoms with Crippen molar-refractivity contribution in [2.75, 3.05) is 0 Å². The molecule has 8 heteroatoms. The topological polar surface area (TPSA) is 12.9 Å². The Labute approximate surface area is 116 Å². The summed E-state index contributed by atoms with van der Waals surface area (Å²) in [5.41, 5.74) is -3.20. The molecule has 19 heavy (non-hydrogen) atoms. The third kappa shape index (κ3) is 2.93. The molecule has 0 fully saturated rings. The Bertz CT molecular complexity index is 631. The van der Waals surface area contributed by atoms with Crippen molar-refractivity contribution in [3.63, 3.8) is 0 Å². The standard InChI is InChI=1S/C11H4F6IN/c12-10(13,14)7-4-9(11(15,16)17)19-8-3-5(18)1-2-6(7)8/h1-4H. The van der Waals surface area contributed by atoms with Crippen LogP contribution in [0.25, 0.3) is 10.9 Å². The van der Waals surface area contributed by atoms with E-state index in [0.29, 0.717) is 3.57 Å². The highest BCUT2D eigenvalue weighted by Gasteiger charge is 2.39. The van der Waals surface area contributed by atoms with Gasteiger partial charge in [-0.2, -0.15) is 26.3 Å². The zero-order valence-corrected chi connectivity index (χ0v) is 11.1. The van der Waals surface area contributed by atoms with E-state index in [1.165, 1.54) is 12.1 Å². The molecule has 0 amide bonds. The van der Waals surface area contributed by atoms with Crippen molar-refractivity contribution in [2.24, 2.45) is 0 Å². The maximum absolute atomic E-state index is 12.8. The lowest BCUT2D eigenvalue weighted by Gasteiger charge is -2.14. The van der Waals surface area contributed by atoms with Crippen LogP contribution in [0.3, 0.4) is 0 Å². The van der Waals surface area contributed by atoms with Gasteiger partial charge in [-0.3, -0.25) is 0 Å². The van der Waals surface area contributed by atoms with Crippen molar-refractivity contribution in [3.05, 3.63) is 39.1 Å². The quantitative estimate of drug-likeness (QED) is 0.461. The summed E-state index contributed by atoms with van der Waals surface area (Å²) >= 11 is 1.79. The molecule has 1 aromatic carbocycles. The summed E-state index contributed by atoms with van der Waals surface area (Å²) in [7, 11) is 0. The first-order valence-corrected chi connectivity index (χ1v) is 5.91. The van der Waals surface area contributed by atoms with Crippen LogP contribution in [-0.2, 0) is 12.4 Å². The molecule has 1 nitrogen and oxygen atoms in total. The fourth-order valence-corrected chi connectivity index (χ4v) is 2.06. The van der Waals surface area contributed by atoms with Crippen LogP contribution in [0.1, 0.15) is 11.3 Å². The summed E-state index contributed by atoms with van der Waals surface area (Å²) in [4.78, 5) is 3.25. The number of hydrogen-bond donors (Lipinski definition) is 0. The molecule has 2 aromatic rings. The molecule has 0 N–H and O–H groups in total. The number of nitrogens with zero attached hydrogens (tertiary/aromatic N) is 1. The van der Waals surface area contributed by atoms with Crippen LogP contribution in [-0.4, -0.2) is 4.98 Å². The molecule has 0 aliphatic heterocycles. The van der Waals surface area contributed by atoms with Gasteiger partial charge in [-0.05, 0) is 40.8 Å². The number of benzene rings is 1. The number of alkyl halides is 6. The molecule has 0 saturated carbocycles. The van der Waals surface area contributed by atoms with Gasteiger partial charge >= 0.3 is 12.4 Å². The second-order valence-electron chi connectivity index (χ2n) is 3.71. The Hall–Kier alpha value is -1.06. The van der Waals surface area contributed by atoms with E-state index in [0.717, 1.165) is 6.07 Å². The average molecular weight is 391 g/mol. The van der Waals surface area contributed by atoms with Gasteiger partial charge in [0, 0.05) is 8.96 Å². The van der Waals surface area contributed by atoms with Gasteiger partial charge in [-0.1, -0.05) is 6.07 Å². The van der Waals surface area contributed by atoms with Gasteiger partial charge in [-0.15, -0.1) is 0 Å². The molecule has 2 rings (SSSR count). The first-order chi connectivity index (χ1) is 8.59. The molecule has 0 spiro atoms. The van der Waals surface area contributed by atoms with Crippen LogP contribution in [0.15, 0.2) is 24.3 Å². The number of fused-ring (bicyclic) bond motifs is 1. The van der Waals surface area contributed by atoms with Crippen molar-refractivity contribution in [1.82, 2.24) is 4.98 Å². The van der Waals surface area contributed by atoms with Gasteiger partial charge in [0.1, 0.15) is 5.69 Å². The minimum Gasteiger partial charge on any atom is -0.243 e. The van der Waals surface area contributed by atoms with E-state index >= 15 is 0 Å². The van der Waals surface area contributed by atoms with E-state index in [4.69, 9.17) is 0 Å². The SMILES string of the molecule is FC(F)(F)c1cc(C(F)(F)F)c2ccc(I)cc2n1. The first-order valence-electron chi connectivity index (χ1n) is 4.84. The number of halogens is 7. The fourth-order valence-electron chi connectivity index (χ4n) is 1.58. The summed E-state index contributed by atoms with van der Waals surface area (Å²) in [5.74, 6) is 0. The van der Waals surface area contributed by atoms with Crippen LogP contribution in [0, 0.1) is 3.57 Å². The van der Waals surface area contributed by atoms with E-state index < -0.39 is 23.6 Å². The van der Waals surface area contributed by atoms with Crippen LogP contribution in [0.4, 0.5) is 26.3 Å². The average Bonchev–Trinajstić information content (AvgIpc) is 2.24. The van der Waals surface area contributed by atoms with Crippen molar-refractivity contribution < 1.29 is 26.3 Å². The van der Waals surface area contributed by atoms with E-state index in [-0.39, 0.29) is 17.0 Å². The van der Waals surface area contributed by atoms with Crippen molar-refractivity contribution in [3.8, 4) is 0 Å². The second-order valence-corrected chi connectivity index (χ2v) is 4.96. The molecule has 0 aliphatic carbocycles. The lowest BCUT2D eigenvalue weighted by atomic mass is 10.1. The van der Waals surface area contributed by atoms with Crippen LogP contribution < -0.4 is 0 Å². The Morgan fingerprint density at radius 1 is 0.895 bits per heavy atom. The maximum atomic E-state index is 12.8. The van der Waals surface area contributed by atoms with Gasteiger partial charge < -0.3 is 0 Å². The highest BCUT2D eigenvalue weighted by molar-refractivity contribution is 14.1. The van der Waals surface area contributed by atoms with Crippen molar-refractivity contribution in [1.29, 1.82) is 0 Å². The predicted octanol–water partition coefficient (Wildman–Crippen LogP) is 4.88. The number of rotatable bonds is 0. The van der Waals surface area contributed by atoms with Gasteiger partial charge in [0.2, 0.25) is 0 Å². The largest absolute Gasteiger partial charge is 0.433 e. The molecular weight excluding hydrogens is 387 g/mol. The van der Waals surface area contributed by atoms with Crippen LogP contribution >= 0.6 is 22.6 Å². The van der Waals surface area contributed by atoms with E-state index in [1.807, 2.05) is 0 Å². The zero-order valence-electron chi connectivity index (χ0n) is 8.90. The normalized spacial score (nSPS) is 13.0. The Morgan fingerprint density at radius 3 is 2.05 bits per heavy atom. The Balaban J connectivity index is 2.84. The van der Waals surface area contributed by atoms with Gasteiger partial charge in [-0.25, -0.2) is 4.98 Å². The van der Waals surface area contributed by atoms with E-state index in [9.17, 15) is 26.3 Å². The second kappa shape index (κ2) is 4.50. The Kier molecular flexibility index (Phi) is 3.40. The molecule has 0 radical (unpaired) electrons. The lowest BCUT2D eigenvalue weighted by molar-refractivity contribution is -0.144. The maximum Gasteiger partial charge on any atom is 0.433 e. The molecule has 0 atom stereocenters. The molecule has 0 bridgehead atoms. The zero-order chi connectivity index (χ0) is 14.4. The number of aromatic nitrogens is 1. The number of hydrogen-bond acceptors (Lipinski definition) is 1. The van der Waals surface area contributed by atoms with E-state index in [2.05, 4.69) is 4.98 Å². The summed E-state index contributed by atoms with van der Waals surface area (Å²) in [6.07, 6.45) is -9.79. The predicted molar refractivity (Wildman–Crippen MR) is 64.5 cm³/mol. The summed E-state index contributed by atoms with van der Waals surface area (Å²) in [6, 6.07) is 3.72. The van der Waals surface area contributed by atoms with Gasteiger partial charge in [0.15, 0.2) is 0 Å². The molecule has 102 valence electrons. The third-order valence-electron chi connectivity index (χ3n) is 2.37. The lowest BCUT2D eigenvalue weighted by Crippen LogP contribution is -2.13. The van der Waals surface area contributed by atoms with Crippen molar-refractivity contribution >= 4 is 33.5 Å². The van der Waals surface area contributed by atoms with Gasteiger partial charge in [0.25, 0.3) is 0 Å². The molecule has 1 aromatic heterocycles. The molecule has 0 aliphatic rings. The monoisotopic (exact) mass is 391 g/mol. The van der Waals surface area contributed by atoms with E-state index in [1.54, 1.807) is 22.6 Å². The summed E-state index contributed by atoms with van der Waals surface area (Å²) in [6.45, 7) is 0. The summed E-state index contributed by atoms with van der Waals surface area (Å²) in [5, 5.41) is -0.346. The first kappa shape index (κ1) is 14.4. The van der Waals surface area contributed by atoms with Crippen LogP contribution in [0.5, 0.6) is 0 Å². The minimum atomic E-state index is -4.92. The molecule has 1 heterocycles. The summed E-state index contributed by atoms with van der Waals surface area (Å²) < 4.78 is 76.5. The third-order valence-corrected chi connectivity index (χ3v) is 3.04. The molecule has 0 saturated heterocycles. The molecule has 0 unspecified atom stereocenters. The Morgan fingerprint density at radius 2 is 1.53 bits per heavy atom. The molecular formula is C11H4F6IN. The van der Waals surface area contributed by atoms with Crippen LogP contribution in [0.2, 0.25) is 0 Å². The fraction of sp³-hybridized carbons (Fsp3) is 0.182. The smallest absolute Gasteiger partial charge is 0.243 e. The van der Waals surface area contributed by atoms with Crippen molar-refractivity contribution in [2.45, 2.75) is 12.4 Å². The minimum absolute atomic E-state index is 0.0369. The van der Waals surface area contributed by atoms with Gasteiger partial charge in [0.05, 0.1) is 11.1 Å². The number of pyridine rings is 1.